The van der Waals surface area contributed by atoms with Crippen molar-refractivity contribution in [2.75, 3.05) is 58.3 Å². The van der Waals surface area contributed by atoms with Gasteiger partial charge in [0.25, 0.3) is 0 Å². The first-order valence-electron chi connectivity index (χ1n) is 14.1. The topological polar surface area (TPSA) is 151 Å². The molecule has 2 aliphatic rings. The fourth-order valence-corrected chi connectivity index (χ4v) is 5.17. The minimum absolute atomic E-state index is 0.0719. The molecule has 0 aliphatic carbocycles. The van der Waals surface area contributed by atoms with Crippen molar-refractivity contribution in [3.05, 3.63) is 66.0 Å². The van der Waals surface area contributed by atoms with E-state index in [1.54, 1.807) is 43.2 Å². The molecule has 3 aromatic rings. The highest BCUT2D eigenvalue weighted by molar-refractivity contribution is 5.94. The zero-order valence-electron chi connectivity index (χ0n) is 24.7. The van der Waals surface area contributed by atoms with Crippen LogP contribution in [0.5, 0.6) is 0 Å². The molecule has 2 aliphatic heterocycles. The third kappa shape index (κ3) is 7.09. The van der Waals surface area contributed by atoms with Crippen molar-refractivity contribution in [3.8, 4) is 5.69 Å². The smallest absolute Gasteiger partial charge is 0.434 e. The van der Waals surface area contributed by atoms with E-state index in [-0.39, 0.29) is 38.7 Å². The first-order valence-corrected chi connectivity index (χ1v) is 14.1. The van der Waals surface area contributed by atoms with E-state index in [0.29, 0.717) is 37.0 Å². The van der Waals surface area contributed by atoms with Crippen LogP contribution in [0.25, 0.3) is 5.69 Å². The van der Waals surface area contributed by atoms with Gasteiger partial charge in [-0.3, -0.25) is 9.91 Å². The normalized spacial score (nSPS) is 16.8. The molecule has 2 aromatic carbocycles. The minimum atomic E-state index is -2.03. The van der Waals surface area contributed by atoms with Gasteiger partial charge in [-0.05, 0) is 47.7 Å². The van der Waals surface area contributed by atoms with Gasteiger partial charge in [-0.1, -0.05) is 6.07 Å². The van der Waals surface area contributed by atoms with E-state index in [1.165, 1.54) is 32.2 Å². The van der Waals surface area contributed by atoms with Gasteiger partial charge in [-0.15, -0.1) is 5.10 Å². The summed E-state index contributed by atoms with van der Waals surface area (Å²) >= 11 is 0. The Morgan fingerprint density at radius 1 is 1.09 bits per heavy atom. The van der Waals surface area contributed by atoms with Crippen LogP contribution < -0.4 is 4.90 Å². The van der Waals surface area contributed by atoms with Crippen LogP contribution in [0.3, 0.4) is 0 Å². The number of anilines is 1. The molecule has 1 aromatic heterocycles. The number of ether oxygens (including phenoxy) is 3. The fourth-order valence-electron chi connectivity index (χ4n) is 5.17. The van der Waals surface area contributed by atoms with Crippen molar-refractivity contribution in [2.24, 2.45) is 5.10 Å². The lowest BCUT2D eigenvalue weighted by Crippen LogP contribution is -2.55. The van der Waals surface area contributed by atoms with E-state index in [9.17, 15) is 19.1 Å². The molecule has 45 heavy (non-hydrogen) atoms. The lowest BCUT2D eigenvalue weighted by molar-refractivity contribution is -0.0602. The van der Waals surface area contributed by atoms with E-state index in [4.69, 9.17) is 14.2 Å². The lowest BCUT2D eigenvalue weighted by atomic mass is 9.85. The van der Waals surface area contributed by atoms with Crippen LogP contribution in [0, 0.1) is 11.6 Å². The van der Waals surface area contributed by atoms with Crippen molar-refractivity contribution in [3.63, 3.8) is 0 Å². The maximum Gasteiger partial charge on any atom is 0.510 e. The third-order valence-corrected chi connectivity index (χ3v) is 7.58. The van der Waals surface area contributed by atoms with Crippen LogP contribution in [0.15, 0.2) is 53.9 Å². The van der Waals surface area contributed by atoms with Gasteiger partial charge in [0.15, 0.2) is 6.73 Å². The number of hydrogen-bond acceptors (Lipinski definition) is 12. The molecule has 5 rings (SSSR count). The minimum Gasteiger partial charge on any atom is -0.434 e. The van der Waals surface area contributed by atoms with Gasteiger partial charge in [0.05, 0.1) is 24.9 Å². The number of methoxy groups -OCH3 is 1. The molecule has 0 radical (unpaired) electrons. The monoisotopic (exact) mass is 629 g/mol. The fraction of sp³-hybridized carbons (Fsp3) is 0.429. The Morgan fingerprint density at radius 2 is 1.87 bits per heavy atom. The maximum absolute atomic E-state index is 15.2. The Morgan fingerprint density at radius 3 is 2.58 bits per heavy atom. The van der Waals surface area contributed by atoms with E-state index in [1.807, 2.05) is 0 Å². The number of hydrogen-bond donors (Lipinski definition) is 1. The SMILES string of the molecule is COCCCOC(=O)OCN1C=NN(C[C@](O)(c2ccc(F)cc2F)[C@@H](C)N2CCN(c3ccc(-n4cnnn4)cc3)C2=O)C1. The number of hydrazone groups is 1. The predicted octanol–water partition coefficient (Wildman–Crippen LogP) is 2.12. The number of aliphatic hydroxyl groups is 1. The van der Waals surface area contributed by atoms with Crippen LogP contribution in [0.1, 0.15) is 18.9 Å². The van der Waals surface area contributed by atoms with Crippen molar-refractivity contribution in [1.29, 1.82) is 0 Å². The Balaban J connectivity index is 1.28. The molecule has 1 N–H and O–H groups in total. The highest BCUT2D eigenvalue weighted by Gasteiger charge is 2.47. The summed E-state index contributed by atoms with van der Waals surface area (Å²) in [7, 11) is 1.54. The molecule has 1 fully saturated rings. The molecule has 0 spiro atoms. The van der Waals surface area contributed by atoms with Gasteiger partial charge in [-0.25, -0.2) is 23.1 Å². The summed E-state index contributed by atoms with van der Waals surface area (Å²) in [5, 5.41) is 28.9. The number of aromatic nitrogens is 4. The third-order valence-electron chi connectivity index (χ3n) is 7.58. The second-order valence-electron chi connectivity index (χ2n) is 10.5. The van der Waals surface area contributed by atoms with Gasteiger partial charge in [0, 0.05) is 50.5 Å². The summed E-state index contributed by atoms with van der Waals surface area (Å²) in [6.07, 6.45) is 2.50. The summed E-state index contributed by atoms with van der Waals surface area (Å²) in [5.41, 5.74) is -0.911. The number of β-amino-alcohol motifs (C(OH)–C–C–N with tert-alkyl or cyclic N) is 1. The molecule has 1 saturated heterocycles. The second kappa shape index (κ2) is 13.8. The summed E-state index contributed by atoms with van der Waals surface area (Å²) in [6.45, 7) is 2.34. The zero-order chi connectivity index (χ0) is 32.0. The molecule has 240 valence electrons. The average molecular weight is 630 g/mol. The number of halogens is 2. The number of urea groups is 1. The van der Waals surface area contributed by atoms with Gasteiger partial charge in [-0.2, -0.15) is 5.10 Å². The first-order chi connectivity index (χ1) is 21.7. The van der Waals surface area contributed by atoms with Crippen molar-refractivity contribution in [1.82, 2.24) is 35.0 Å². The van der Waals surface area contributed by atoms with Gasteiger partial charge < -0.3 is 29.1 Å². The molecular formula is C28H33F2N9O6. The molecule has 17 heteroatoms. The first kappa shape index (κ1) is 31.5. The molecule has 0 unspecified atom stereocenters. The van der Waals surface area contributed by atoms with Gasteiger partial charge in [0.2, 0.25) is 0 Å². The standard InChI is InChI=1S/C28H33F2N9O6/c1-20(37-10-11-38(26(37)40)22-5-7-23(8-6-22)39-16-31-33-34-39)28(42,24-9-4-21(29)14-25(24)30)15-36-18-35(17-32-36)19-45-27(41)44-13-3-12-43-2/h4-9,14,16-17,20,42H,3,10-13,15,18-19H2,1-2H3/t20-,28-/m1/s1. The number of carbonyl (C=O) groups is 2. The average Bonchev–Trinajstić information content (AvgIpc) is 3.80. The summed E-state index contributed by atoms with van der Waals surface area (Å²) < 4.78 is 45.5. The number of tetrazole rings is 1. The number of benzene rings is 2. The number of carbonyl (C=O) groups excluding carboxylic acids is 2. The highest BCUT2D eigenvalue weighted by Crippen LogP contribution is 2.35. The second-order valence-corrected chi connectivity index (χ2v) is 10.5. The van der Waals surface area contributed by atoms with Gasteiger partial charge in [0.1, 0.15) is 36.6 Å². The summed E-state index contributed by atoms with van der Waals surface area (Å²) in [5.74, 6) is -1.78. The van der Waals surface area contributed by atoms with E-state index < -0.39 is 35.5 Å². The Hall–Kier alpha value is -4.90. The van der Waals surface area contributed by atoms with Crippen LogP contribution in [-0.4, -0.2) is 118 Å². The molecular weight excluding hydrogens is 596 g/mol. The van der Waals surface area contributed by atoms with E-state index in [2.05, 4.69) is 20.6 Å². The summed E-state index contributed by atoms with van der Waals surface area (Å²) in [4.78, 5) is 30.0. The number of rotatable bonds is 13. The largest absolute Gasteiger partial charge is 0.510 e. The summed E-state index contributed by atoms with van der Waals surface area (Å²) in [6, 6.07) is 8.54. The highest BCUT2D eigenvalue weighted by atomic mass is 19.1. The quantitative estimate of drug-likeness (QED) is 0.219. The molecule has 2 atom stereocenters. The van der Waals surface area contributed by atoms with E-state index >= 15 is 4.39 Å². The van der Waals surface area contributed by atoms with Crippen LogP contribution in [-0.2, 0) is 19.8 Å². The molecule has 3 heterocycles. The molecule has 15 nitrogen and oxygen atoms in total. The molecule has 0 bridgehead atoms. The lowest BCUT2D eigenvalue weighted by Gasteiger charge is -2.41. The van der Waals surface area contributed by atoms with Crippen LogP contribution in [0.2, 0.25) is 0 Å². The number of amides is 2. The van der Waals surface area contributed by atoms with Crippen LogP contribution in [0.4, 0.5) is 24.1 Å². The van der Waals surface area contributed by atoms with Crippen molar-refractivity contribution in [2.45, 2.75) is 25.0 Å². The predicted molar refractivity (Wildman–Crippen MR) is 154 cm³/mol. The van der Waals surface area contributed by atoms with Crippen molar-refractivity contribution < 1.29 is 37.7 Å². The molecule has 2 amide bonds. The zero-order valence-corrected chi connectivity index (χ0v) is 24.7. The Kier molecular flexibility index (Phi) is 9.68. The maximum atomic E-state index is 15.2. The van der Waals surface area contributed by atoms with Crippen LogP contribution >= 0.6 is 0 Å². The number of nitrogens with zero attached hydrogens (tertiary/aromatic N) is 9. The van der Waals surface area contributed by atoms with E-state index in [0.717, 1.165) is 12.1 Å². The Bertz CT molecular complexity index is 1500. The van der Waals surface area contributed by atoms with Gasteiger partial charge >= 0.3 is 12.2 Å². The molecule has 0 saturated carbocycles. The Labute approximate surface area is 257 Å². The van der Waals surface area contributed by atoms with Crippen molar-refractivity contribution >= 4 is 24.2 Å².